The SMILES string of the molecule is Cc1ccc2c(c1)[C@H]1OCC[C@H]1[C@@H](c1ccc(O)cc1)N2. The van der Waals surface area contributed by atoms with Gasteiger partial charge in [0, 0.05) is 23.8 Å². The minimum atomic E-state index is 0.181. The fraction of sp³-hybridized carbons (Fsp3) is 0.333. The van der Waals surface area contributed by atoms with Crippen molar-refractivity contribution in [1.82, 2.24) is 0 Å². The number of phenols is 1. The summed E-state index contributed by atoms with van der Waals surface area (Å²) in [5.41, 5.74) is 4.93. The molecule has 0 amide bonds. The van der Waals surface area contributed by atoms with Crippen molar-refractivity contribution in [2.75, 3.05) is 11.9 Å². The Bertz CT molecular complexity index is 665. The molecule has 1 fully saturated rings. The number of anilines is 1. The Morgan fingerprint density at radius 3 is 2.76 bits per heavy atom. The molecule has 2 N–H and O–H groups in total. The van der Waals surface area contributed by atoms with E-state index in [0.29, 0.717) is 11.7 Å². The number of rotatable bonds is 1. The first-order valence-electron chi connectivity index (χ1n) is 7.50. The minimum Gasteiger partial charge on any atom is -0.508 e. The Balaban J connectivity index is 1.77. The summed E-state index contributed by atoms with van der Waals surface area (Å²) in [6, 6.07) is 14.3. The van der Waals surface area contributed by atoms with E-state index in [-0.39, 0.29) is 12.1 Å². The zero-order valence-electron chi connectivity index (χ0n) is 12.0. The van der Waals surface area contributed by atoms with Gasteiger partial charge < -0.3 is 15.2 Å². The third-order valence-corrected chi connectivity index (χ3v) is 4.64. The largest absolute Gasteiger partial charge is 0.508 e. The molecule has 0 radical (unpaired) electrons. The summed E-state index contributed by atoms with van der Waals surface area (Å²) in [5, 5.41) is 13.2. The number of aromatic hydroxyl groups is 1. The fourth-order valence-corrected chi connectivity index (χ4v) is 3.60. The van der Waals surface area contributed by atoms with Crippen LogP contribution in [0.1, 0.15) is 35.3 Å². The first kappa shape index (κ1) is 12.7. The Morgan fingerprint density at radius 2 is 1.95 bits per heavy atom. The Labute approximate surface area is 124 Å². The van der Waals surface area contributed by atoms with Crippen LogP contribution >= 0.6 is 0 Å². The number of benzene rings is 2. The van der Waals surface area contributed by atoms with E-state index < -0.39 is 0 Å². The molecule has 21 heavy (non-hydrogen) atoms. The lowest BCUT2D eigenvalue weighted by molar-refractivity contribution is 0.0829. The second kappa shape index (κ2) is 4.78. The van der Waals surface area contributed by atoms with Gasteiger partial charge in [0.05, 0.1) is 12.1 Å². The number of phenolic OH excluding ortho intramolecular Hbond substituents is 1. The van der Waals surface area contributed by atoms with Gasteiger partial charge in [0.2, 0.25) is 0 Å². The molecule has 0 saturated carbocycles. The van der Waals surface area contributed by atoms with E-state index in [2.05, 4.69) is 30.4 Å². The molecule has 0 aromatic heterocycles. The van der Waals surface area contributed by atoms with Gasteiger partial charge in [0.1, 0.15) is 5.75 Å². The summed E-state index contributed by atoms with van der Waals surface area (Å²) in [6.45, 7) is 2.94. The van der Waals surface area contributed by atoms with Gasteiger partial charge in [-0.25, -0.2) is 0 Å². The van der Waals surface area contributed by atoms with Crippen LogP contribution in [0.2, 0.25) is 0 Å². The van der Waals surface area contributed by atoms with Crippen molar-refractivity contribution in [2.24, 2.45) is 5.92 Å². The van der Waals surface area contributed by atoms with E-state index in [1.54, 1.807) is 12.1 Å². The lowest BCUT2D eigenvalue weighted by Crippen LogP contribution is -2.29. The Morgan fingerprint density at radius 1 is 1.14 bits per heavy atom. The molecule has 1 saturated heterocycles. The molecule has 0 aliphatic carbocycles. The van der Waals surface area contributed by atoms with Gasteiger partial charge in [-0.05, 0) is 37.1 Å². The van der Waals surface area contributed by atoms with Crippen LogP contribution in [0.25, 0.3) is 0 Å². The maximum Gasteiger partial charge on any atom is 0.115 e. The van der Waals surface area contributed by atoms with Crippen molar-refractivity contribution in [3.8, 4) is 5.75 Å². The van der Waals surface area contributed by atoms with Crippen molar-refractivity contribution in [2.45, 2.75) is 25.5 Å². The van der Waals surface area contributed by atoms with E-state index in [1.165, 1.54) is 22.4 Å². The Kier molecular flexibility index (Phi) is 2.89. The maximum absolute atomic E-state index is 9.49. The van der Waals surface area contributed by atoms with Crippen LogP contribution in [-0.2, 0) is 4.74 Å². The lowest BCUT2D eigenvalue weighted by Gasteiger charge is -2.36. The molecule has 0 spiro atoms. The van der Waals surface area contributed by atoms with Crippen LogP contribution in [0.3, 0.4) is 0 Å². The molecule has 2 aliphatic heterocycles. The average Bonchev–Trinajstić information content (AvgIpc) is 2.97. The van der Waals surface area contributed by atoms with Crippen LogP contribution in [0, 0.1) is 12.8 Å². The highest BCUT2D eigenvalue weighted by atomic mass is 16.5. The summed E-state index contributed by atoms with van der Waals surface area (Å²) in [6.07, 6.45) is 1.25. The summed E-state index contributed by atoms with van der Waals surface area (Å²) in [5.74, 6) is 0.758. The Hall–Kier alpha value is -2.00. The standard InChI is InChI=1S/C18H19NO2/c1-11-2-7-16-15(10-11)18-14(8-9-21-18)17(19-16)12-3-5-13(20)6-4-12/h2-7,10,14,17-20H,8-9H2,1H3/t14-,17+,18-/m0/s1. The second-order valence-corrected chi connectivity index (χ2v) is 6.05. The second-order valence-electron chi connectivity index (χ2n) is 6.05. The highest BCUT2D eigenvalue weighted by Crippen LogP contribution is 2.50. The molecule has 2 aromatic rings. The minimum absolute atomic E-state index is 0.181. The number of ether oxygens (including phenoxy) is 1. The van der Waals surface area contributed by atoms with E-state index in [4.69, 9.17) is 4.74 Å². The first-order chi connectivity index (χ1) is 10.2. The van der Waals surface area contributed by atoms with Gasteiger partial charge in [-0.3, -0.25) is 0 Å². The third-order valence-electron chi connectivity index (χ3n) is 4.64. The predicted molar refractivity (Wildman–Crippen MR) is 82.4 cm³/mol. The molecule has 2 aliphatic rings. The van der Waals surface area contributed by atoms with Crippen LogP contribution < -0.4 is 5.32 Å². The molecule has 3 atom stereocenters. The molecule has 0 bridgehead atoms. The van der Waals surface area contributed by atoms with Crippen molar-refractivity contribution in [3.63, 3.8) is 0 Å². The zero-order valence-corrected chi connectivity index (χ0v) is 12.0. The molecule has 2 aromatic carbocycles. The predicted octanol–water partition coefficient (Wildman–Crippen LogP) is 3.95. The van der Waals surface area contributed by atoms with Gasteiger partial charge in [0.25, 0.3) is 0 Å². The number of fused-ring (bicyclic) bond motifs is 3. The number of hydrogen-bond donors (Lipinski definition) is 2. The lowest BCUT2D eigenvalue weighted by atomic mass is 9.80. The maximum atomic E-state index is 9.49. The van der Waals surface area contributed by atoms with Gasteiger partial charge in [0.15, 0.2) is 0 Å². The molecule has 0 unspecified atom stereocenters. The van der Waals surface area contributed by atoms with Crippen molar-refractivity contribution in [3.05, 3.63) is 59.2 Å². The third kappa shape index (κ3) is 2.09. The number of aryl methyl sites for hydroxylation is 1. The van der Waals surface area contributed by atoms with Crippen LogP contribution in [0.4, 0.5) is 5.69 Å². The van der Waals surface area contributed by atoms with Crippen LogP contribution in [-0.4, -0.2) is 11.7 Å². The van der Waals surface area contributed by atoms with Crippen molar-refractivity contribution >= 4 is 5.69 Å². The van der Waals surface area contributed by atoms with E-state index in [9.17, 15) is 5.11 Å². The highest BCUT2D eigenvalue weighted by Gasteiger charge is 2.41. The normalized spacial score (nSPS) is 26.8. The molecule has 4 rings (SSSR count). The van der Waals surface area contributed by atoms with Crippen molar-refractivity contribution in [1.29, 1.82) is 0 Å². The molecular weight excluding hydrogens is 262 g/mol. The summed E-state index contributed by atoms with van der Waals surface area (Å²) in [4.78, 5) is 0. The van der Waals surface area contributed by atoms with Gasteiger partial charge in [-0.2, -0.15) is 0 Å². The molecular formula is C18H19NO2. The molecule has 3 heteroatoms. The van der Waals surface area contributed by atoms with E-state index >= 15 is 0 Å². The van der Waals surface area contributed by atoms with Crippen LogP contribution in [0.15, 0.2) is 42.5 Å². The quantitative estimate of drug-likeness (QED) is 0.831. The zero-order chi connectivity index (χ0) is 14.4. The molecule has 2 heterocycles. The monoisotopic (exact) mass is 281 g/mol. The van der Waals surface area contributed by atoms with Crippen LogP contribution in [0.5, 0.6) is 5.75 Å². The summed E-state index contributed by atoms with van der Waals surface area (Å²) >= 11 is 0. The smallest absolute Gasteiger partial charge is 0.115 e. The van der Waals surface area contributed by atoms with E-state index in [0.717, 1.165) is 13.0 Å². The summed E-state index contributed by atoms with van der Waals surface area (Å²) < 4.78 is 6.02. The number of hydrogen-bond acceptors (Lipinski definition) is 3. The summed E-state index contributed by atoms with van der Waals surface area (Å²) in [7, 11) is 0. The molecule has 108 valence electrons. The van der Waals surface area contributed by atoms with Gasteiger partial charge in [-0.1, -0.05) is 29.8 Å². The first-order valence-corrected chi connectivity index (χ1v) is 7.50. The number of nitrogens with one attached hydrogen (secondary N) is 1. The van der Waals surface area contributed by atoms with Gasteiger partial charge in [-0.15, -0.1) is 0 Å². The van der Waals surface area contributed by atoms with E-state index in [1.807, 2.05) is 12.1 Å². The molecule has 3 nitrogen and oxygen atoms in total. The topological polar surface area (TPSA) is 41.5 Å². The average molecular weight is 281 g/mol. The highest BCUT2D eigenvalue weighted by molar-refractivity contribution is 5.58. The van der Waals surface area contributed by atoms with Gasteiger partial charge >= 0.3 is 0 Å². The van der Waals surface area contributed by atoms with Crippen molar-refractivity contribution < 1.29 is 9.84 Å². The fourth-order valence-electron chi connectivity index (χ4n) is 3.60.